The summed E-state index contributed by atoms with van der Waals surface area (Å²) < 4.78 is 0. The lowest BCUT2D eigenvalue weighted by Gasteiger charge is -2.09. The number of rotatable bonds is 3. The fraction of sp³-hybridized carbons (Fsp3) is 0.174. The number of nitrogens with one attached hydrogen (secondary N) is 1. The zero-order valence-electron chi connectivity index (χ0n) is 15.2. The number of carbonyl (C=O) groups is 1. The van der Waals surface area contributed by atoms with Crippen LogP contribution in [0, 0.1) is 22.7 Å². The van der Waals surface area contributed by atoms with Crippen LogP contribution in [-0.2, 0) is 17.6 Å². The number of aryl methyl sites for hydroxylation is 1. The van der Waals surface area contributed by atoms with E-state index in [0.717, 1.165) is 47.6 Å². The van der Waals surface area contributed by atoms with Crippen molar-refractivity contribution in [2.45, 2.75) is 25.7 Å². The topological polar surface area (TPSA) is 76.7 Å². The van der Waals surface area contributed by atoms with Gasteiger partial charge < -0.3 is 5.32 Å². The summed E-state index contributed by atoms with van der Waals surface area (Å²) in [5.41, 5.74) is 2.45. The Morgan fingerprint density at radius 3 is 2.68 bits per heavy atom. The monoisotopic (exact) mass is 383 g/mol. The molecule has 2 aromatic carbocycles. The average molecular weight is 383 g/mol. The van der Waals surface area contributed by atoms with Crippen molar-refractivity contribution in [2.75, 3.05) is 5.32 Å². The van der Waals surface area contributed by atoms with Crippen LogP contribution in [-0.4, -0.2) is 5.91 Å². The Morgan fingerprint density at radius 1 is 1.07 bits per heavy atom. The van der Waals surface area contributed by atoms with Crippen molar-refractivity contribution < 1.29 is 4.79 Å². The van der Waals surface area contributed by atoms with E-state index in [-0.39, 0.29) is 5.57 Å². The van der Waals surface area contributed by atoms with E-state index >= 15 is 0 Å². The van der Waals surface area contributed by atoms with Gasteiger partial charge in [0, 0.05) is 4.88 Å². The van der Waals surface area contributed by atoms with Crippen molar-refractivity contribution in [3.05, 3.63) is 69.6 Å². The summed E-state index contributed by atoms with van der Waals surface area (Å²) in [5, 5.41) is 24.5. The SMILES string of the molecule is N#C/C(=C\c1cccc2ccccc12)C(=O)Nc1sc2c(c1C#N)CCCC2. The van der Waals surface area contributed by atoms with Gasteiger partial charge in [-0.1, -0.05) is 42.5 Å². The van der Waals surface area contributed by atoms with Crippen LogP contribution in [0.15, 0.2) is 48.0 Å². The highest BCUT2D eigenvalue weighted by Crippen LogP contribution is 2.37. The molecule has 4 nitrogen and oxygen atoms in total. The van der Waals surface area contributed by atoms with E-state index < -0.39 is 5.91 Å². The first-order valence-corrected chi connectivity index (χ1v) is 9.98. The first-order chi connectivity index (χ1) is 13.7. The minimum absolute atomic E-state index is 0.0200. The lowest BCUT2D eigenvalue weighted by molar-refractivity contribution is -0.112. The standard InChI is InChI=1S/C23H17N3OS/c24-13-17(12-16-8-5-7-15-6-1-2-9-18(15)16)22(27)26-23-20(14-25)19-10-3-4-11-21(19)28-23/h1-2,5-9,12H,3-4,10-11H2,(H,26,27)/b17-12+. The summed E-state index contributed by atoms with van der Waals surface area (Å²) in [7, 11) is 0. The van der Waals surface area contributed by atoms with E-state index in [1.54, 1.807) is 6.08 Å². The second-order valence-electron chi connectivity index (χ2n) is 6.72. The average Bonchev–Trinajstić information content (AvgIpc) is 3.08. The van der Waals surface area contributed by atoms with Gasteiger partial charge in [0.2, 0.25) is 0 Å². The van der Waals surface area contributed by atoms with Crippen molar-refractivity contribution in [3.63, 3.8) is 0 Å². The predicted molar refractivity (Wildman–Crippen MR) is 112 cm³/mol. The third-order valence-corrected chi connectivity index (χ3v) is 6.21. The maximum absolute atomic E-state index is 12.8. The Bertz CT molecular complexity index is 1190. The lowest BCUT2D eigenvalue weighted by Crippen LogP contribution is -2.13. The fourth-order valence-electron chi connectivity index (χ4n) is 3.62. The first kappa shape index (κ1) is 18.0. The van der Waals surface area contributed by atoms with Crippen LogP contribution in [0.2, 0.25) is 0 Å². The Labute approximate surface area is 167 Å². The number of thiophene rings is 1. The van der Waals surface area contributed by atoms with Crippen LogP contribution in [0.4, 0.5) is 5.00 Å². The lowest BCUT2D eigenvalue weighted by atomic mass is 9.96. The number of amides is 1. The van der Waals surface area contributed by atoms with Crippen LogP contribution in [0.1, 0.15) is 34.4 Å². The van der Waals surface area contributed by atoms with Gasteiger partial charge in [0.25, 0.3) is 5.91 Å². The van der Waals surface area contributed by atoms with Crippen LogP contribution in [0.25, 0.3) is 16.8 Å². The normalized spacial score (nSPS) is 13.4. The van der Waals surface area contributed by atoms with Crippen LogP contribution in [0.3, 0.4) is 0 Å². The molecule has 1 N–H and O–H groups in total. The van der Waals surface area contributed by atoms with Gasteiger partial charge in [-0.3, -0.25) is 4.79 Å². The van der Waals surface area contributed by atoms with Gasteiger partial charge in [-0.05, 0) is 53.7 Å². The Kier molecular flexibility index (Phi) is 4.93. The third-order valence-electron chi connectivity index (χ3n) is 5.00. The van der Waals surface area contributed by atoms with Crippen molar-refractivity contribution >= 4 is 39.1 Å². The van der Waals surface area contributed by atoms with E-state index in [4.69, 9.17) is 0 Å². The van der Waals surface area contributed by atoms with Gasteiger partial charge in [-0.15, -0.1) is 11.3 Å². The number of hydrogen-bond donors (Lipinski definition) is 1. The van der Waals surface area contributed by atoms with E-state index in [1.165, 1.54) is 16.2 Å². The van der Waals surface area contributed by atoms with Gasteiger partial charge in [0.1, 0.15) is 22.7 Å². The molecule has 28 heavy (non-hydrogen) atoms. The summed E-state index contributed by atoms with van der Waals surface area (Å²) in [6.07, 6.45) is 5.60. The Hall–Kier alpha value is -3.41. The predicted octanol–water partition coefficient (Wildman–Crippen LogP) is 5.20. The molecule has 1 amide bonds. The van der Waals surface area contributed by atoms with Crippen molar-refractivity contribution in [3.8, 4) is 12.1 Å². The van der Waals surface area contributed by atoms with Crippen LogP contribution >= 0.6 is 11.3 Å². The van der Waals surface area contributed by atoms with E-state index in [0.29, 0.717) is 10.6 Å². The van der Waals surface area contributed by atoms with Crippen molar-refractivity contribution in [1.82, 2.24) is 0 Å². The zero-order valence-corrected chi connectivity index (χ0v) is 16.0. The summed E-state index contributed by atoms with van der Waals surface area (Å²) in [6.45, 7) is 0. The molecule has 0 radical (unpaired) electrons. The molecule has 0 atom stereocenters. The van der Waals surface area contributed by atoms with Gasteiger partial charge >= 0.3 is 0 Å². The largest absolute Gasteiger partial charge is 0.312 e. The molecule has 1 heterocycles. The molecule has 0 saturated carbocycles. The quantitative estimate of drug-likeness (QED) is 0.499. The second kappa shape index (κ2) is 7.68. The smallest absolute Gasteiger partial charge is 0.266 e. The second-order valence-corrected chi connectivity index (χ2v) is 7.82. The molecular weight excluding hydrogens is 366 g/mol. The van der Waals surface area contributed by atoms with Crippen LogP contribution < -0.4 is 5.32 Å². The Morgan fingerprint density at radius 2 is 1.86 bits per heavy atom. The number of fused-ring (bicyclic) bond motifs is 2. The highest BCUT2D eigenvalue weighted by atomic mass is 32.1. The van der Waals surface area contributed by atoms with E-state index in [2.05, 4.69) is 11.4 Å². The minimum Gasteiger partial charge on any atom is -0.312 e. The van der Waals surface area contributed by atoms with Crippen molar-refractivity contribution in [2.24, 2.45) is 0 Å². The molecule has 0 aliphatic heterocycles. The van der Waals surface area contributed by atoms with Crippen molar-refractivity contribution in [1.29, 1.82) is 10.5 Å². The minimum atomic E-state index is -0.481. The zero-order chi connectivity index (χ0) is 19.5. The first-order valence-electron chi connectivity index (χ1n) is 9.17. The molecule has 0 unspecified atom stereocenters. The van der Waals surface area contributed by atoms with Crippen LogP contribution in [0.5, 0.6) is 0 Å². The molecule has 0 spiro atoms. The fourth-order valence-corrected chi connectivity index (χ4v) is 4.86. The maximum Gasteiger partial charge on any atom is 0.266 e. The molecule has 4 rings (SSSR count). The highest BCUT2D eigenvalue weighted by molar-refractivity contribution is 7.16. The number of nitrogens with zero attached hydrogens (tertiary/aromatic N) is 2. The molecule has 1 aliphatic carbocycles. The summed E-state index contributed by atoms with van der Waals surface area (Å²) in [6, 6.07) is 17.9. The molecule has 0 fully saturated rings. The number of benzene rings is 2. The van der Waals surface area contributed by atoms with Gasteiger partial charge in [0.15, 0.2) is 0 Å². The molecule has 3 aromatic rings. The molecular formula is C23H17N3OS. The highest BCUT2D eigenvalue weighted by Gasteiger charge is 2.22. The van der Waals surface area contributed by atoms with E-state index in [1.807, 2.05) is 48.5 Å². The number of nitriles is 2. The number of hydrogen-bond acceptors (Lipinski definition) is 4. The summed E-state index contributed by atoms with van der Waals surface area (Å²) in [5.74, 6) is -0.481. The summed E-state index contributed by atoms with van der Waals surface area (Å²) >= 11 is 1.46. The molecule has 0 bridgehead atoms. The van der Waals surface area contributed by atoms with E-state index in [9.17, 15) is 15.3 Å². The van der Waals surface area contributed by atoms with Gasteiger partial charge in [0.05, 0.1) is 5.56 Å². The maximum atomic E-state index is 12.8. The number of anilines is 1. The number of carbonyl (C=O) groups excluding carboxylic acids is 1. The molecule has 136 valence electrons. The molecule has 0 saturated heterocycles. The van der Waals surface area contributed by atoms with Gasteiger partial charge in [-0.25, -0.2) is 0 Å². The van der Waals surface area contributed by atoms with Gasteiger partial charge in [-0.2, -0.15) is 10.5 Å². The molecule has 1 aromatic heterocycles. The Balaban J connectivity index is 1.67. The molecule has 5 heteroatoms. The third kappa shape index (κ3) is 3.29. The summed E-state index contributed by atoms with van der Waals surface area (Å²) in [4.78, 5) is 13.9. The molecule has 1 aliphatic rings.